The van der Waals surface area contributed by atoms with Crippen molar-refractivity contribution in [2.75, 3.05) is 0 Å². The zero-order chi connectivity index (χ0) is 19.6. The Bertz CT molecular complexity index is 1130. The van der Waals surface area contributed by atoms with E-state index >= 15 is 0 Å². The van der Waals surface area contributed by atoms with E-state index in [9.17, 15) is 0 Å². The highest BCUT2D eigenvalue weighted by Gasteiger charge is 2.47. The Morgan fingerprint density at radius 1 is 0.929 bits per heavy atom. The second-order valence-corrected chi connectivity index (χ2v) is 8.80. The van der Waals surface area contributed by atoms with E-state index in [1.165, 1.54) is 50.1 Å². The van der Waals surface area contributed by atoms with E-state index in [-0.39, 0.29) is 5.41 Å². The van der Waals surface area contributed by atoms with E-state index < -0.39 is 0 Å². The van der Waals surface area contributed by atoms with Gasteiger partial charge in [0.05, 0.1) is 5.41 Å². The summed E-state index contributed by atoms with van der Waals surface area (Å²) in [4.78, 5) is 0. The molecule has 0 fully saturated rings. The summed E-state index contributed by atoms with van der Waals surface area (Å²) < 4.78 is 0. The van der Waals surface area contributed by atoms with Crippen LogP contribution >= 0.6 is 11.6 Å². The molecule has 0 radical (unpaired) electrons. The van der Waals surface area contributed by atoms with Crippen LogP contribution in [0.1, 0.15) is 57.9 Å². The lowest BCUT2D eigenvalue weighted by Gasteiger charge is -2.39. The highest BCUT2D eigenvalue weighted by atomic mass is 35.5. The maximum atomic E-state index is 6.39. The number of rotatable bonds is 1. The maximum absolute atomic E-state index is 6.39. The summed E-state index contributed by atoms with van der Waals surface area (Å²) in [7, 11) is 0. The molecule has 0 nitrogen and oxygen atoms in total. The number of allylic oxidation sites excluding steroid dienone is 2. The normalized spacial score (nSPS) is 19.3. The summed E-state index contributed by atoms with van der Waals surface area (Å²) in [6.45, 7) is 12.8. The molecule has 1 unspecified atom stereocenters. The lowest BCUT2D eigenvalue weighted by Crippen LogP contribution is -2.32. The van der Waals surface area contributed by atoms with Crippen LogP contribution in [0.5, 0.6) is 0 Å². The van der Waals surface area contributed by atoms with Crippen LogP contribution in [0.15, 0.2) is 67.8 Å². The average Bonchev–Trinajstić information content (AvgIpc) is 2.94. The molecule has 28 heavy (non-hydrogen) atoms. The topological polar surface area (TPSA) is 0 Å². The highest BCUT2D eigenvalue weighted by Crippen LogP contribution is 2.57. The molecule has 0 N–H and O–H groups in total. The molecule has 1 heteroatoms. The van der Waals surface area contributed by atoms with Crippen molar-refractivity contribution in [3.8, 4) is 0 Å². The minimum atomic E-state index is -0.179. The van der Waals surface area contributed by atoms with Crippen LogP contribution in [0.4, 0.5) is 0 Å². The van der Waals surface area contributed by atoms with E-state index in [0.717, 1.165) is 23.4 Å². The Hall–Kier alpha value is -2.57. The van der Waals surface area contributed by atoms with Crippen molar-refractivity contribution in [3.63, 3.8) is 0 Å². The van der Waals surface area contributed by atoms with Crippen molar-refractivity contribution in [2.45, 2.75) is 32.1 Å². The molecule has 0 heterocycles. The van der Waals surface area contributed by atoms with E-state index in [1.807, 2.05) is 6.07 Å². The van der Waals surface area contributed by atoms with Crippen LogP contribution in [0, 0.1) is 6.92 Å². The molecular formula is C27H23Cl. The van der Waals surface area contributed by atoms with Crippen LogP contribution in [0.3, 0.4) is 0 Å². The Morgan fingerprint density at radius 2 is 1.61 bits per heavy atom. The number of fused-ring (bicyclic) bond motifs is 6. The quantitative estimate of drug-likeness (QED) is 0.413. The number of hydrogen-bond donors (Lipinski definition) is 0. The SMILES string of the molecule is C=C(C)c1ccc2c(c1)C(=C)CC21c2ccc(C)cc2Cc2cc(Cl)ccc21. The second kappa shape index (κ2) is 5.96. The van der Waals surface area contributed by atoms with Crippen LogP contribution in [-0.2, 0) is 11.8 Å². The van der Waals surface area contributed by atoms with E-state index in [0.29, 0.717) is 0 Å². The first-order chi connectivity index (χ1) is 13.4. The van der Waals surface area contributed by atoms with Gasteiger partial charge in [-0.15, -0.1) is 0 Å². The van der Waals surface area contributed by atoms with Gasteiger partial charge in [0.1, 0.15) is 0 Å². The van der Waals surface area contributed by atoms with Crippen LogP contribution in [0.2, 0.25) is 5.02 Å². The summed E-state index contributed by atoms with van der Waals surface area (Å²) in [5.41, 5.74) is 12.7. The van der Waals surface area contributed by atoms with Crippen molar-refractivity contribution in [3.05, 3.63) is 117 Å². The van der Waals surface area contributed by atoms with Gasteiger partial charge in [-0.25, -0.2) is 0 Å². The van der Waals surface area contributed by atoms with Gasteiger partial charge in [0.15, 0.2) is 0 Å². The smallest absolute Gasteiger partial charge is 0.0503 e. The first kappa shape index (κ1) is 17.5. The Morgan fingerprint density at radius 3 is 2.36 bits per heavy atom. The summed E-state index contributed by atoms with van der Waals surface area (Å²) >= 11 is 6.39. The molecule has 3 aromatic rings. The van der Waals surface area contributed by atoms with Crippen molar-refractivity contribution >= 4 is 22.7 Å². The molecule has 0 aromatic heterocycles. The van der Waals surface area contributed by atoms with Gasteiger partial charge >= 0.3 is 0 Å². The van der Waals surface area contributed by atoms with E-state index in [4.69, 9.17) is 11.6 Å². The Kier molecular flexibility index (Phi) is 3.73. The van der Waals surface area contributed by atoms with Gasteiger partial charge in [-0.2, -0.15) is 0 Å². The predicted octanol–water partition coefficient (Wildman–Crippen LogP) is 7.34. The molecule has 0 amide bonds. The monoisotopic (exact) mass is 382 g/mol. The van der Waals surface area contributed by atoms with Crippen molar-refractivity contribution in [1.29, 1.82) is 0 Å². The van der Waals surface area contributed by atoms with Crippen LogP contribution in [-0.4, -0.2) is 0 Å². The predicted molar refractivity (Wildman–Crippen MR) is 120 cm³/mol. The lowest BCUT2D eigenvalue weighted by molar-refractivity contribution is 0.630. The van der Waals surface area contributed by atoms with Crippen LogP contribution < -0.4 is 0 Å². The van der Waals surface area contributed by atoms with Crippen molar-refractivity contribution in [2.24, 2.45) is 0 Å². The van der Waals surface area contributed by atoms with Gasteiger partial charge in [0.2, 0.25) is 0 Å². The second-order valence-electron chi connectivity index (χ2n) is 8.37. The first-order valence-corrected chi connectivity index (χ1v) is 10.2. The Balaban J connectivity index is 1.87. The van der Waals surface area contributed by atoms with Crippen LogP contribution in [0.25, 0.3) is 11.1 Å². The average molecular weight is 383 g/mol. The third-order valence-electron chi connectivity index (χ3n) is 6.46. The van der Waals surface area contributed by atoms with Gasteiger partial charge in [-0.1, -0.05) is 72.3 Å². The molecule has 0 bridgehead atoms. The summed E-state index contributed by atoms with van der Waals surface area (Å²) in [5.74, 6) is 0. The number of aryl methyl sites for hydroxylation is 1. The largest absolute Gasteiger partial charge is 0.0955 e. The van der Waals surface area contributed by atoms with Gasteiger partial charge in [-0.3, -0.25) is 0 Å². The molecule has 2 aliphatic rings. The van der Waals surface area contributed by atoms with Gasteiger partial charge < -0.3 is 0 Å². The molecule has 1 spiro atoms. The third kappa shape index (κ3) is 2.31. The fourth-order valence-corrected chi connectivity index (χ4v) is 5.42. The lowest BCUT2D eigenvalue weighted by atomic mass is 9.63. The van der Waals surface area contributed by atoms with Gasteiger partial charge in [0.25, 0.3) is 0 Å². The summed E-state index contributed by atoms with van der Waals surface area (Å²) in [6, 6.07) is 20.1. The highest BCUT2D eigenvalue weighted by molar-refractivity contribution is 6.30. The zero-order valence-corrected chi connectivity index (χ0v) is 17.2. The van der Waals surface area contributed by atoms with Gasteiger partial charge in [-0.05, 0) is 89.4 Å². The minimum absolute atomic E-state index is 0.179. The molecular weight excluding hydrogens is 360 g/mol. The van der Waals surface area contributed by atoms with Crippen molar-refractivity contribution < 1.29 is 0 Å². The molecule has 2 aliphatic carbocycles. The minimum Gasteiger partial charge on any atom is -0.0955 e. The molecule has 1 atom stereocenters. The summed E-state index contributed by atoms with van der Waals surface area (Å²) in [5, 5.41) is 0.805. The standard InChI is InChI=1S/C27H23Cl/c1-16(2)19-6-9-26-23(14-19)18(4)15-27(26)24-8-5-17(3)11-20(24)12-21-13-22(28)7-10-25(21)27/h5-11,13-14H,1,4,12,15H2,2-3H3. The molecule has 5 rings (SSSR count). The first-order valence-electron chi connectivity index (χ1n) is 9.77. The fraction of sp³-hybridized carbons (Fsp3) is 0.185. The Labute approximate surface area is 172 Å². The zero-order valence-electron chi connectivity index (χ0n) is 16.4. The van der Waals surface area contributed by atoms with Crippen molar-refractivity contribution in [1.82, 2.24) is 0 Å². The number of halogens is 1. The molecule has 0 saturated heterocycles. The van der Waals surface area contributed by atoms with Gasteiger partial charge in [0, 0.05) is 5.02 Å². The molecule has 138 valence electrons. The number of benzene rings is 3. The molecule has 3 aromatic carbocycles. The summed E-state index contributed by atoms with van der Waals surface area (Å²) in [6.07, 6.45) is 1.84. The van der Waals surface area contributed by atoms with E-state index in [1.54, 1.807) is 0 Å². The van der Waals surface area contributed by atoms with E-state index in [2.05, 4.69) is 75.5 Å². The fourth-order valence-electron chi connectivity index (χ4n) is 5.23. The third-order valence-corrected chi connectivity index (χ3v) is 6.70. The molecule has 0 aliphatic heterocycles. The molecule has 0 saturated carbocycles. The number of hydrogen-bond acceptors (Lipinski definition) is 0. The maximum Gasteiger partial charge on any atom is 0.0503 e.